The molecule has 2 aromatic rings. The number of fused-ring (bicyclic) bond motifs is 3. The van der Waals surface area contributed by atoms with Crippen molar-refractivity contribution in [2.45, 2.75) is 44.1 Å². The molecular formula is C22H24F3N5O3. The summed E-state index contributed by atoms with van der Waals surface area (Å²) in [5.41, 5.74) is -0.365. The maximum atomic E-state index is 13.9. The number of ether oxygens (including phenoxy) is 1. The molecule has 3 atom stereocenters. The number of hydrogen-bond acceptors (Lipinski definition) is 7. The van der Waals surface area contributed by atoms with E-state index in [2.05, 4.69) is 9.97 Å². The minimum atomic E-state index is -4.58. The quantitative estimate of drug-likeness (QED) is 0.644. The van der Waals surface area contributed by atoms with Crippen molar-refractivity contribution < 1.29 is 22.7 Å². The summed E-state index contributed by atoms with van der Waals surface area (Å²) in [5, 5.41) is 0. The lowest BCUT2D eigenvalue weighted by molar-refractivity contribution is -0.152. The van der Waals surface area contributed by atoms with Gasteiger partial charge in [0.1, 0.15) is 17.6 Å². The van der Waals surface area contributed by atoms with Crippen LogP contribution in [-0.2, 0) is 11.3 Å². The number of pyridine rings is 1. The van der Waals surface area contributed by atoms with Crippen LogP contribution in [0.15, 0.2) is 35.3 Å². The average molecular weight is 463 g/mol. The summed E-state index contributed by atoms with van der Waals surface area (Å²) in [7, 11) is 0. The van der Waals surface area contributed by atoms with Gasteiger partial charge >= 0.3 is 6.18 Å². The van der Waals surface area contributed by atoms with Gasteiger partial charge in [-0.05, 0) is 37.3 Å². The van der Waals surface area contributed by atoms with Crippen LogP contribution in [-0.4, -0.2) is 64.9 Å². The van der Waals surface area contributed by atoms with Crippen molar-refractivity contribution in [3.8, 4) is 0 Å². The molecule has 8 nitrogen and oxygen atoms in total. The van der Waals surface area contributed by atoms with Gasteiger partial charge in [0.25, 0.3) is 5.56 Å². The largest absolute Gasteiger partial charge is 0.408 e. The summed E-state index contributed by atoms with van der Waals surface area (Å²) in [6, 6.07) is 4.13. The molecule has 2 saturated heterocycles. The Morgan fingerprint density at radius 3 is 2.82 bits per heavy atom. The summed E-state index contributed by atoms with van der Waals surface area (Å²) in [4.78, 5) is 37.0. The van der Waals surface area contributed by atoms with Gasteiger partial charge in [-0.15, -0.1) is 0 Å². The van der Waals surface area contributed by atoms with Crippen LogP contribution in [0.3, 0.4) is 0 Å². The summed E-state index contributed by atoms with van der Waals surface area (Å²) in [6.45, 7) is 1.20. The number of Topliss-reactive ketones (excluding diaryl/α,β-unsaturated/α-hetero) is 1. The van der Waals surface area contributed by atoms with Gasteiger partial charge < -0.3 is 14.5 Å². The Bertz CT molecular complexity index is 1090. The van der Waals surface area contributed by atoms with E-state index in [0.717, 1.165) is 24.3 Å². The van der Waals surface area contributed by atoms with E-state index in [-0.39, 0.29) is 30.7 Å². The van der Waals surface area contributed by atoms with Crippen molar-refractivity contribution >= 4 is 17.5 Å². The minimum absolute atomic E-state index is 0.0165. The predicted molar refractivity (Wildman–Crippen MR) is 114 cm³/mol. The first kappa shape index (κ1) is 21.9. The maximum absolute atomic E-state index is 13.9. The first-order chi connectivity index (χ1) is 15.8. The zero-order valence-electron chi connectivity index (χ0n) is 17.9. The molecule has 2 unspecified atom stereocenters. The number of hydrogen-bond donors (Lipinski definition) is 0. The van der Waals surface area contributed by atoms with Crippen LogP contribution in [0.25, 0.3) is 0 Å². The van der Waals surface area contributed by atoms with Crippen molar-refractivity contribution in [2.75, 3.05) is 36.0 Å². The average Bonchev–Trinajstić information content (AvgIpc) is 3.12. The van der Waals surface area contributed by atoms with E-state index >= 15 is 0 Å². The van der Waals surface area contributed by atoms with Gasteiger partial charge in [0.2, 0.25) is 5.95 Å². The Morgan fingerprint density at radius 1 is 1.21 bits per heavy atom. The maximum Gasteiger partial charge on any atom is 0.408 e. The molecule has 0 saturated carbocycles. The number of ketones is 1. The second-order valence-corrected chi connectivity index (χ2v) is 8.81. The fourth-order valence-corrected chi connectivity index (χ4v) is 4.90. The zero-order chi connectivity index (χ0) is 23.2. The molecule has 0 N–H and O–H groups in total. The fraction of sp³-hybridized carbons (Fsp3) is 0.545. The Hall–Kier alpha value is -2.95. The highest BCUT2D eigenvalue weighted by Gasteiger charge is 2.47. The first-order valence-electron chi connectivity index (χ1n) is 11.1. The van der Waals surface area contributed by atoms with Gasteiger partial charge in [0.05, 0.1) is 19.3 Å². The number of rotatable bonds is 4. The van der Waals surface area contributed by atoms with Gasteiger partial charge in [0.15, 0.2) is 5.78 Å². The third-order valence-electron chi connectivity index (χ3n) is 6.60. The molecule has 33 heavy (non-hydrogen) atoms. The molecule has 0 spiro atoms. The lowest BCUT2D eigenvalue weighted by atomic mass is 10.0. The summed E-state index contributed by atoms with van der Waals surface area (Å²) >= 11 is 0. The third-order valence-corrected chi connectivity index (χ3v) is 6.60. The normalized spacial score (nSPS) is 25.0. The molecule has 2 bridgehead atoms. The molecule has 2 aromatic heterocycles. The van der Waals surface area contributed by atoms with Crippen molar-refractivity contribution in [3.63, 3.8) is 0 Å². The molecule has 5 heterocycles. The Kier molecular flexibility index (Phi) is 5.59. The zero-order valence-corrected chi connectivity index (χ0v) is 17.9. The van der Waals surface area contributed by atoms with E-state index in [1.165, 1.54) is 22.9 Å². The Balaban J connectivity index is 1.52. The lowest BCUT2D eigenvalue weighted by Gasteiger charge is -2.39. The molecule has 3 aliphatic rings. The van der Waals surface area contributed by atoms with Crippen molar-refractivity contribution in [2.24, 2.45) is 5.92 Å². The van der Waals surface area contributed by atoms with Gasteiger partial charge in [0, 0.05) is 31.9 Å². The highest BCUT2D eigenvalue weighted by atomic mass is 19.4. The molecule has 2 fully saturated rings. The third kappa shape index (κ3) is 4.33. The van der Waals surface area contributed by atoms with Crippen molar-refractivity contribution in [1.29, 1.82) is 0 Å². The van der Waals surface area contributed by atoms with Gasteiger partial charge in [-0.2, -0.15) is 18.2 Å². The summed E-state index contributed by atoms with van der Waals surface area (Å²) < 4.78 is 48.8. The summed E-state index contributed by atoms with van der Waals surface area (Å²) in [6.07, 6.45) is -1.70. The highest BCUT2D eigenvalue weighted by Crippen LogP contribution is 2.35. The number of alkyl halides is 3. The van der Waals surface area contributed by atoms with E-state index in [1.54, 1.807) is 12.1 Å². The van der Waals surface area contributed by atoms with Crippen LogP contribution in [0.1, 0.15) is 29.8 Å². The highest BCUT2D eigenvalue weighted by molar-refractivity contribution is 5.97. The minimum Gasteiger partial charge on any atom is -0.376 e. The second-order valence-electron chi connectivity index (χ2n) is 8.81. The number of aromatic nitrogens is 3. The number of halogens is 3. The molecule has 5 rings (SSSR count). The molecule has 11 heteroatoms. The molecule has 176 valence electrons. The number of anilines is 2. The van der Waals surface area contributed by atoms with E-state index in [9.17, 15) is 22.8 Å². The molecule has 0 aliphatic carbocycles. The van der Waals surface area contributed by atoms with E-state index in [4.69, 9.17) is 4.74 Å². The SMILES string of the molecule is O=C(CN1c2nc(N3CCC4COC(C4)C3)cc(=O)n2CC[C@H]1C(F)(F)F)c1ccccn1. The van der Waals surface area contributed by atoms with Crippen molar-refractivity contribution in [1.82, 2.24) is 14.5 Å². The standard InChI is InChI=1S/C22H24F3N5O3/c23-22(24,25)18-5-8-29-20(32)10-19(28-7-4-14-9-15(11-28)33-13-14)27-21(29)30(18)12-17(31)16-3-1-2-6-26-16/h1-3,6,10,14-15,18H,4-5,7-9,11-13H2/t14?,15?,18-/m0/s1. The Labute approximate surface area is 188 Å². The van der Waals surface area contributed by atoms with E-state index in [1.807, 2.05) is 4.90 Å². The molecule has 3 aliphatic heterocycles. The number of nitrogens with zero attached hydrogens (tertiary/aromatic N) is 5. The lowest BCUT2D eigenvalue weighted by Crippen LogP contribution is -2.54. The topological polar surface area (TPSA) is 80.6 Å². The predicted octanol–water partition coefficient (Wildman–Crippen LogP) is 2.28. The number of carbonyl (C=O) groups is 1. The molecule has 0 radical (unpaired) electrons. The van der Waals surface area contributed by atoms with Crippen LogP contribution >= 0.6 is 0 Å². The van der Waals surface area contributed by atoms with E-state index < -0.39 is 30.1 Å². The van der Waals surface area contributed by atoms with Crippen LogP contribution < -0.4 is 15.4 Å². The molecule has 0 amide bonds. The van der Waals surface area contributed by atoms with Crippen LogP contribution in [0, 0.1) is 5.92 Å². The summed E-state index contributed by atoms with van der Waals surface area (Å²) in [5.74, 6) is 0.0606. The Morgan fingerprint density at radius 2 is 2.06 bits per heavy atom. The van der Waals surface area contributed by atoms with Gasteiger partial charge in [-0.1, -0.05) is 6.07 Å². The monoisotopic (exact) mass is 463 g/mol. The van der Waals surface area contributed by atoms with Crippen LogP contribution in [0.2, 0.25) is 0 Å². The van der Waals surface area contributed by atoms with E-state index in [0.29, 0.717) is 24.8 Å². The smallest absolute Gasteiger partial charge is 0.376 e. The molecular weight excluding hydrogens is 439 g/mol. The first-order valence-corrected chi connectivity index (χ1v) is 11.1. The second kappa shape index (κ2) is 8.44. The van der Waals surface area contributed by atoms with Gasteiger partial charge in [-0.3, -0.25) is 19.1 Å². The number of carbonyl (C=O) groups excluding carboxylic acids is 1. The van der Waals surface area contributed by atoms with Crippen LogP contribution in [0.5, 0.6) is 0 Å². The fourth-order valence-electron chi connectivity index (χ4n) is 4.90. The molecule has 0 aromatic carbocycles. The van der Waals surface area contributed by atoms with Crippen molar-refractivity contribution in [3.05, 3.63) is 46.5 Å². The van der Waals surface area contributed by atoms with Crippen LogP contribution in [0.4, 0.5) is 24.9 Å². The van der Waals surface area contributed by atoms with Gasteiger partial charge in [-0.25, -0.2) is 0 Å².